The summed E-state index contributed by atoms with van der Waals surface area (Å²) in [6.07, 6.45) is 0. The Hall–Kier alpha value is -6.85. The summed E-state index contributed by atoms with van der Waals surface area (Å²) in [4.78, 5) is 17.5. The average molecular weight is 683 g/mol. The second-order valence-corrected chi connectivity index (χ2v) is 14.1. The summed E-state index contributed by atoms with van der Waals surface area (Å²) < 4.78 is 6.06. The molecule has 0 radical (unpaired) electrons. The lowest BCUT2D eigenvalue weighted by Crippen LogP contribution is -2.15. The zero-order valence-corrected chi connectivity index (χ0v) is 29.4. The minimum atomic E-state index is -0.115. The summed E-state index contributed by atoms with van der Waals surface area (Å²) in [7, 11) is 0. The molecule has 0 fully saturated rings. The molecule has 5 nitrogen and oxygen atoms in total. The van der Waals surface area contributed by atoms with Gasteiger partial charge in [0.25, 0.3) is 0 Å². The Labute approximate surface area is 307 Å². The molecule has 1 aliphatic rings. The smallest absolute Gasteiger partial charge is 0.227 e. The van der Waals surface area contributed by atoms with Crippen LogP contribution in [0.2, 0.25) is 0 Å². The van der Waals surface area contributed by atoms with Gasteiger partial charge in [-0.1, -0.05) is 105 Å². The summed E-state index contributed by atoms with van der Waals surface area (Å²) in [5.74, 6) is 0.608. The van der Waals surface area contributed by atoms with Gasteiger partial charge in [0.05, 0.1) is 22.4 Å². The molecule has 0 N–H and O–H groups in total. The lowest BCUT2D eigenvalue weighted by molar-refractivity contribution is 0.620. The van der Waals surface area contributed by atoms with E-state index >= 15 is 0 Å². The molecule has 0 amide bonds. The number of hydrogen-bond acceptors (Lipinski definition) is 5. The molecule has 0 aliphatic heterocycles. The Kier molecular flexibility index (Phi) is 7.08. The number of anilines is 3. The number of para-hydroxylation sites is 5. The largest absolute Gasteiger partial charge is 0.436 e. The van der Waals surface area contributed by atoms with Crippen LogP contribution in [0, 0.1) is 0 Å². The highest BCUT2D eigenvalue weighted by Crippen LogP contribution is 2.50. The van der Waals surface area contributed by atoms with Crippen molar-refractivity contribution < 1.29 is 4.42 Å². The van der Waals surface area contributed by atoms with Gasteiger partial charge >= 0.3 is 0 Å². The van der Waals surface area contributed by atoms with Crippen LogP contribution >= 0.6 is 0 Å². The van der Waals surface area contributed by atoms with Crippen LogP contribution in [-0.2, 0) is 5.41 Å². The van der Waals surface area contributed by atoms with Gasteiger partial charge in [-0.3, -0.25) is 0 Å². The fourth-order valence-electron chi connectivity index (χ4n) is 7.80. The zero-order valence-electron chi connectivity index (χ0n) is 29.4. The highest BCUT2D eigenvalue weighted by Gasteiger charge is 2.35. The van der Waals surface area contributed by atoms with Gasteiger partial charge in [0, 0.05) is 39.2 Å². The van der Waals surface area contributed by atoms with Crippen LogP contribution in [0.25, 0.3) is 67.2 Å². The van der Waals surface area contributed by atoms with Crippen LogP contribution in [0.4, 0.5) is 17.1 Å². The maximum absolute atomic E-state index is 6.06. The van der Waals surface area contributed by atoms with Gasteiger partial charge in [-0.05, 0) is 101 Å². The monoisotopic (exact) mass is 682 g/mol. The Morgan fingerprint density at radius 3 is 1.66 bits per heavy atom. The molecule has 0 atom stereocenters. The van der Waals surface area contributed by atoms with Gasteiger partial charge in [-0.15, -0.1) is 0 Å². The maximum Gasteiger partial charge on any atom is 0.227 e. The first-order valence-corrected chi connectivity index (χ1v) is 17.9. The first-order chi connectivity index (χ1) is 26.0. The van der Waals surface area contributed by atoms with Gasteiger partial charge in [0.15, 0.2) is 5.58 Å². The summed E-state index contributed by atoms with van der Waals surface area (Å²) in [5.41, 5.74) is 16.4. The predicted octanol–water partition coefficient (Wildman–Crippen LogP) is 12.5. The van der Waals surface area contributed by atoms with Gasteiger partial charge in [0.2, 0.25) is 5.89 Å². The third-order valence-electron chi connectivity index (χ3n) is 10.5. The molecule has 2 aromatic heterocycles. The number of nitrogens with zero attached hydrogens (tertiary/aromatic N) is 4. The Balaban J connectivity index is 1.05. The number of fused-ring (bicyclic) bond motifs is 5. The normalized spacial score (nSPS) is 12.9. The molecular formula is C48H34N4O. The molecule has 0 bridgehead atoms. The first-order valence-electron chi connectivity index (χ1n) is 17.9. The van der Waals surface area contributed by atoms with Crippen LogP contribution in [0.1, 0.15) is 25.0 Å². The van der Waals surface area contributed by atoms with E-state index in [1.807, 2.05) is 54.6 Å². The molecule has 53 heavy (non-hydrogen) atoms. The van der Waals surface area contributed by atoms with Crippen molar-refractivity contribution in [2.24, 2.45) is 0 Å². The summed E-state index contributed by atoms with van der Waals surface area (Å²) in [6.45, 7) is 4.63. The van der Waals surface area contributed by atoms with Gasteiger partial charge in [-0.25, -0.2) is 15.0 Å². The summed E-state index contributed by atoms with van der Waals surface area (Å²) >= 11 is 0. The molecule has 1 aliphatic carbocycles. The van der Waals surface area contributed by atoms with Crippen molar-refractivity contribution in [2.75, 3.05) is 4.90 Å². The van der Waals surface area contributed by atoms with Crippen LogP contribution < -0.4 is 4.90 Å². The Morgan fingerprint density at radius 1 is 0.434 bits per heavy atom. The fourth-order valence-corrected chi connectivity index (χ4v) is 7.80. The lowest BCUT2D eigenvalue weighted by atomic mass is 9.81. The Bertz CT molecular complexity index is 2770. The first kappa shape index (κ1) is 30.9. The molecule has 10 rings (SSSR count). The van der Waals surface area contributed by atoms with E-state index in [4.69, 9.17) is 19.4 Å². The van der Waals surface area contributed by atoms with Crippen molar-refractivity contribution in [3.05, 3.63) is 181 Å². The standard InChI is InChI=1S/C48H34N4O/c1-48(2)39-15-7-6-14-37(39)38-29-24-33(30-40(38)48)46-45(49-41-16-8-9-17-42(41)50-46)31-20-25-35(26-21-31)52(34-12-4-3-5-13-34)36-27-22-32(23-28-36)47-51-43-18-10-11-19-44(43)53-47/h3-30H,1-2H3. The fraction of sp³-hybridized carbons (Fsp3) is 0.0625. The van der Waals surface area contributed by atoms with E-state index in [0.29, 0.717) is 5.89 Å². The summed E-state index contributed by atoms with van der Waals surface area (Å²) in [6, 6.07) is 59.0. The van der Waals surface area contributed by atoms with E-state index < -0.39 is 0 Å². The topological polar surface area (TPSA) is 55.1 Å². The number of hydrogen-bond donors (Lipinski definition) is 0. The number of benzene rings is 7. The predicted molar refractivity (Wildman–Crippen MR) is 216 cm³/mol. The van der Waals surface area contributed by atoms with Crippen molar-refractivity contribution in [1.82, 2.24) is 15.0 Å². The molecule has 2 heterocycles. The zero-order chi connectivity index (χ0) is 35.5. The van der Waals surface area contributed by atoms with Crippen molar-refractivity contribution >= 4 is 39.2 Å². The van der Waals surface area contributed by atoms with E-state index in [1.165, 1.54) is 22.3 Å². The minimum absolute atomic E-state index is 0.115. The van der Waals surface area contributed by atoms with E-state index in [9.17, 15) is 0 Å². The molecule has 252 valence electrons. The molecule has 0 saturated carbocycles. The molecular weight excluding hydrogens is 649 g/mol. The molecule has 7 aromatic carbocycles. The molecule has 9 aromatic rings. The van der Waals surface area contributed by atoms with Gasteiger partial charge in [-0.2, -0.15) is 0 Å². The molecule has 5 heteroatoms. The quantitative estimate of drug-likeness (QED) is 0.175. The van der Waals surface area contributed by atoms with Gasteiger partial charge < -0.3 is 9.32 Å². The highest BCUT2D eigenvalue weighted by atomic mass is 16.3. The lowest BCUT2D eigenvalue weighted by Gasteiger charge is -2.26. The maximum atomic E-state index is 6.06. The van der Waals surface area contributed by atoms with Crippen molar-refractivity contribution in [1.29, 1.82) is 0 Å². The second kappa shape index (κ2) is 12.1. The minimum Gasteiger partial charge on any atom is -0.436 e. The summed E-state index contributed by atoms with van der Waals surface area (Å²) in [5, 5.41) is 0. The van der Waals surface area contributed by atoms with Crippen LogP contribution in [0.5, 0.6) is 0 Å². The highest BCUT2D eigenvalue weighted by molar-refractivity contribution is 5.90. The third kappa shape index (κ3) is 5.20. The van der Waals surface area contributed by atoms with E-state index in [2.05, 4.69) is 134 Å². The number of oxazole rings is 1. The van der Waals surface area contributed by atoms with Crippen LogP contribution in [0.15, 0.2) is 174 Å². The van der Waals surface area contributed by atoms with Crippen LogP contribution in [-0.4, -0.2) is 15.0 Å². The van der Waals surface area contributed by atoms with Crippen molar-refractivity contribution in [3.8, 4) is 45.1 Å². The van der Waals surface area contributed by atoms with Crippen LogP contribution in [0.3, 0.4) is 0 Å². The molecule has 0 unspecified atom stereocenters. The Morgan fingerprint density at radius 2 is 0.962 bits per heavy atom. The number of aromatic nitrogens is 3. The molecule has 0 saturated heterocycles. The molecule has 0 spiro atoms. The van der Waals surface area contributed by atoms with Crippen molar-refractivity contribution in [2.45, 2.75) is 19.3 Å². The third-order valence-corrected chi connectivity index (χ3v) is 10.5. The van der Waals surface area contributed by atoms with E-state index in [1.54, 1.807) is 0 Å². The van der Waals surface area contributed by atoms with E-state index in [-0.39, 0.29) is 5.41 Å². The van der Waals surface area contributed by atoms with Gasteiger partial charge in [0.1, 0.15) is 5.52 Å². The number of rotatable bonds is 6. The van der Waals surface area contributed by atoms with Crippen molar-refractivity contribution in [3.63, 3.8) is 0 Å². The second-order valence-electron chi connectivity index (χ2n) is 14.1. The van der Waals surface area contributed by atoms with E-state index in [0.717, 1.165) is 67.3 Å². The average Bonchev–Trinajstić information content (AvgIpc) is 3.75. The SMILES string of the molecule is CC1(C)c2ccccc2-c2ccc(-c3nc4ccccc4nc3-c3ccc(N(c4ccccc4)c4ccc(-c5nc6ccccc6o5)cc4)cc3)cc21.